The number of hydrogen-bond acceptors (Lipinski definition) is 2. The fourth-order valence-corrected chi connectivity index (χ4v) is 1.53. The Balaban J connectivity index is 2.42. The maximum absolute atomic E-state index is 10.9. The van der Waals surface area contributed by atoms with E-state index < -0.39 is 0 Å². The topological polar surface area (TPSA) is 37.3 Å². The summed E-state index contributed by atoms with van der Waals surface area (Å²) in [7, 11) is 0. The lowest BCUT2D eigenvalue weighted by molar-refractivity contribution is -0.124. The molecule has 10 heavy (non-hydrogen) atoms. The van der Waals surface area contributed by atoms with Crippen molar-refractivity contribution in [2.45, 2.75) is 38.7 Å². The van der Waals surface area contributed by atoms with E-state index in [9.17, 15) is 4.79 Å². The lowest BCUT2D eigenvalue weighted by Gasteiger charge is -2.23. The Labute approximate surface area is 61.2 Å². The molecule has 0 spiro atoms. The van der Waals surface area contributed by atoms with Crippen molar-refractivity contribution >= 4 is 5.78 Å². The number of ketones is 1. The number of rotatable bonds is 1. The zero-order chi connectivity index (χ0) is 7.56. The number of carbonyl (C=O) groups excluding carboxylic acids is 1. The third-order valence-corrected chi connectivity index (χ3v) is 2.16. The molecule has 0 bridgehead atoms. The predicted molar refractivity (Wildman–Crippen MR) is 38.6 cm³/mol. The van der Waals surface area contributed by atoms with Crippen LogP contribution >= 0.6 is 0 Å². The van der Waals surface area contributed by atoms with Crippen molar-refractivity contribution in [1.82, 2.24) is 0 Å². The SMILES string of the molecule is CC[C@H]1CC(=O)C[C@@H](O)C1. The Kier molecular flexibility index (Phi) is 2.44. The van der Waals surface area contributed by atoms with E-state index in [0.29, 0.717) is 18.8 Å². The molecule has 1 fully saturated rings. The molecule has 2 nitrogen and oxygen atoms in total. The van der Waals surface area contributed by atoms with Crippen LogP contribution in [0.2, 0.25) is 0 Å². The minimum absolute atomic E-state index is 0.227. The van der Waals surface area contributed by atoms with E-state index in [-0.39, 0.29) is 11.9 Å². The van der Waals surface area contributed by atoms with Crippen LogP contribution in [-0.4, -0.2) is 17.0 Å². The van der Waals surface area contributed by atoms with Gasteiger partial charge < -0.3 is 5.11 Å². The Morgan fingerprint density at radius 1 is 1.60 bits per heavy atom. The molecule has 2 heteroatoms. The first-order chi connectivity index (χ1) is 4.72. The van der Waals surface area contributed by atoms with Crippen LogP contribution in [0.15, 0.2) is 0 Å². The van der Waals surface area contributed by atoms with Crippen molar-refractivity contribution in [3.8, 4) is 0 Å². The van der Waals surface area contributed by atoms with Crippen molar-refractivity contribution in [2.24, 2.45) is 5.92 Å². The third-order valence-electron chi connectivity index (χ3n) is 2.16. The van der Waals surface area contributed by atoms with Gasteiger partial charge in [-0.1, -0.05) is 13.3 Å². The highest BCUT2D eigenvalue weighted by Gasteiger charge is 2.24. The van der Waals surface area contributed by atoms with Crippen LogP contribution in [0.5, 0.6) is 0 Å². The van der Waals surface area contributed by atoms with E-state index in [0.717, 1.165) is 12.8 Å². The quantitative estimate of drug-likeness (QED) is 0.595. The van der Waals surface area contributed by atoms with Gasteiger partial charge in [-0.2, -0.15) is 0 Å². The zero-order valence-electron chi connectivity index (χ0n) is 6.34. The Hall–Kier alpha value is -0.370. The van der Waals surface area contributed by atoms with Gasteiger partial charge in [-0.15, -0.1) is 0 Å². The first-order valence-corrected chi connectivity index (χ1v) is 3.92. The summed E-state index contributed by atoms with van der Waals surface area (Å²) in [5.74, 6) is 0.668. The third kappa shape index (κ3) is 1.81. The largest absolute Gasteiger partial charge is 0.393 e. The van der Waals surface area contributed by atoms with E-state index in [2.05, 4.69) is 6.92 Å². The Morgan fingerprint density at radius 3 is 2.80 bits per heavy atom. The number of aliphatic hydroxyl groups is 1. The summed E-state index contributed by atoms with van der Waals surface area (Å²) >= 11 is 0. The average molecular weight is 142 g/mol. The molecule has 1 saturated carbocycles. The molecule has 1 rings (SSSR count). The second-order valence-electron chi connectivity index (χ2n) is 3.11. The number of carbonyl (C=O) groups is 1. The fraction of sp³-hybridized carbons (Fsp3) is 0.875. The summed E-state index contributed by atoms with van der Waals surface area (Å²) in [6.45, 7) is 2.07. The molecule has 0 unspecified atom stereocenters. The van der Waals surface area contributed by atoms with Gasteiger partial charge in [0.25, 0.3) is 0 Å². The number of hydrogen-bond donors (Lipinski definition) is 1. The van der Waals surface area contributed by atoms with Gasteiger partial charge in [0.1, 0.15) is 5.78 Å². The number of aliphatic hydroxyl groups excluding tert-OH is 1. The highest BCUT2D eigenvalue weighted by Crippen LogP contribution is 2.23. The van der Waals surface area contributed by atoms with Crippen LogP contribution in [0.4, 0.5) is 0 Å². The minimum Gasteiger partial charge on any atom is -0.393 e. The van der Waals surface area contributed by atoms with E-state index in [1.54, 1.807) is 0 Å². The average Bonchev–Trinajstić information content (AvgIpc) is 1.85. The molecule has 0 aromatic carbocycles. The molecule has 0 aromatic heterocycles. The summed E-state index contributed by atoms with van der Waals surface area (Å²) in [6.07, 6.45) is 2.56. The van der Waals surface area contributed by atoms with Gasteiger partial charge in [0.05, 0.1) is 6.10 Å². The molecule has 0 radical (unpaired) electrons. The first-order valence-electron chi connectivity index (χ1n) is 3.92. The van der Waals surface area contributed by atoms with Gasteiger partial charge in [-0.05, 0) is 12.3 Å². The number of Topliss-reactive ketones (excluding diaryl/α,β-unsaturated/α-hetero) is 1. The van der Waals surface area contributed by atoms with E-state index in [1.165, 1.54) is 0 Å². The second-order valence-corrected chi connectivity index (χ2v) is 3.11. The van der Waals surface area contributed by atoms with Gasteiger partial charge in [0, 0.05) is 12.8 Å². The maximum atomic E-state index is 10.9. The molecule has 1 aliphatic carbocycles. The first kappa shape index (κ1) is 7.73. The van der Waals surface area contributed by atoms with E-state index >= 15 is 0 Å². The Morgan fingerprint density at radius 2 is 2.30 bits per heavy atom. The second kappa shape index (κ2) is 3.15. The Bertz CT molecular complexity index is 131. The van der Waals surface area contributed by atoms with Gasteiger partial charge >= 0.3 is 0 Å². The van der Waals surface area contributed by atoms with Gasteiger partial charge in [-0.3, -0.25) is 4.79 Å². The van der Waals surface area contributed by atoms with Crippen LogP contribution < -0.4 is 0 Å². The van der Waals surface area contributed by atoms with Crippen molar-refractivity contribution in [1.29, 1.82) is 0 Å². The van der Waals surface area contributed by atoms with Gasteiger partial charge in [-0.25, -0.2) is 0 Å². The predicted octanol–water partition coefficient (Wildman–Crippen LogP) is 1.13. The standard InChI is InChI=1S/C8H14O2/c1-2-6-3-7(9)5-8(10)4-6/h6-7,9H,2-5H2,1H3/t6-,7+/m1/s1. The molecule has 58 valence electrons. The molecule has 0 heterocycles. The molecule has 1 N–H and O–H groups in total. The highest BCUT2D eigenvalue weighted by molar-refractivity contribution is 5.79. The van der Waals surface area contributed by atoms with Gasteiger partial charge in [0.2, 0.25) is 0 Å². The van der Waals surface area contributed by atoms with Crippen molar-refractivity contribution in [3.63, 3.8) is 0 Å². The smallest absolute Gasteiger partial charge is 0.135 e. The molecule has 0 aliphatic heterocycles. The van der Waals surface area contributed by atoms with Crippen LogP contribution in [0.1, 0.15) is 32.6 Å². The molecule has 0 saturated heterocycles. The lowest BCUT2D eigenvalue weighted by Crippen LogP contribution is -2.25. The summed E-state index contributed by atoms with van der Waals surface area (Å²) in [6, 6.07) is 0. The van der Waals surface area contributed by atoms with Gasteiger partial charge in [0.15, 0.2) is 0 Å². The maximum Gasteiger partial charge on any atom is 0.135 e. The highest BCUT2D eigenvalue weighted by atomic mass is 16.3. The molecule has 0 amide bonds. The van der Waals surface area contributed by atoms with Crippen molar-refractivity contribution < 1.29 is 9.90 Å². The monoisotopic (exact) mass is 142 g/mol. The summed E-state index contributed by atoms with van der Waals surface area (Å²) in [5, 5.41) is 9.16. The molecular formula is C8H14O2. The van der Waals surface area contributed by atoms with E-state index in [4.69, 9.17) is 5.11 Å². The van der Waals surface area contributed by atoms with Crippen molar-refractivity contribution in [3.05, 3.63) is 0 Å². The molecule has 2 atom stereocenters. The zero-order valence-corrected chi connectivity index (χ0v) is 6.34. The molecule has 1 aliphatic rings. The van der Waals surface area contributed by atoms with Crippen LogP contribution in [0.3, 0.4) is 0 Å². The van der Waals surface area contributed by atoms with E-state index in [1.807, 2.05) is 0 Å². The summed E-state index contributed by atoms with van der Waals surface area (Å²) in [4.78, 5) is 10.9. The normalized spacial score (nSPS) is 34.4. The van der Waals surface area contributed by atoms with Crippen LogP contribution in [0, 0.1) is 5.92 Å². The van der Waals surface area contributed by atoms with Crippen LogP contribution in [-0.2, 0) is 4.79 Å². The summed E-state index contributed by atoms with van der Waals surface area (Å²) in [5.41, 5.74) is 0. The summed E-state index contributed by atoms with van der Waals surface area (Å²) < 4.78 is 0. The molecular weight excluding hydrogens is 128 g/mol. The minimum atomic E-state index is -0.355. The lowest BCUT2D eigenvalue weighted by atomic mass is 9.85. The van der Waals surface area contributed by atoms with Crippen LogP contribution in [0.25, 0.3) is 0 Å². The van der Waals surface area contributed by atoms with Crippen molar-refractivity contribution in [2.75, 3.05) is 0 Å². The fourth-order valence-electron chi connectivity index (χ4n) is 1.53. The molecule has 0 aromatic rings.